The lowest BCUT2D eigenvalue weighted by Gasteiger charge is -1.97. The number of aryl methyl sites for hydroxylation is 1. The molecule has 0 spiro atoms. The molecule has 0 saturated heterocycles. The molecule has 0 fully saturated rings. The summed E-state index contributed by atoms with van der Waals surface area (Å²) in [5.74, 6) is 0. The maximum absolute atomic E-state index is 4.20. The first-order chi connectivity index (χ1) is 4.86. The van der Waals surface area contributed by atoms with E-state index in [1.165, 1.54) is 11.1 Å². The van der Waals surface area contributed by atoms with Gasteiger partial charge in [-0.05, 0) is 30.5 Å². The molecule has 2 rings (SSSR count). The third-order valence-electron chi connectivity index (χ3n) is 1.80. The highest BCUT2D eigenvalue weighted by Crippen LogP contribution is 2.18. The first kappa shape index (κ1) is 5.66. The van der Waals surface area contributed by atoms with Crippen LogP contribution < -0.4 is 0 Å². The van der Waals surface area contributed by atoms with Crippen molar-refractivity contribution in [2.45, 2.75) is 13.3 Å². The number of hydrogen-bond acceptors (Lipinski definition) is 1. The molecule has 0 unspecified atom stereocenters. The van der Waals surface area contributed by atoms with Crippen LogP contribution in [0.1, 0.15) is 16.8 Å². The summed E-state index contributed by atoms with van der Waals surface area (Å²) in [5, 5.41) is 0. The van der Waals surface area contributed by atoms with Crippen molar-refractivity contribution in [3.05, 3.63) is 35.2 Å². The molecule has 1 heteroatoms. The van der Waals surface area contributed by atoms with Gasteiger partial charge in [0.2, 0.25) is 0 Å². The summed E-state index contributed by atoms with van der Waals surface area (Å²) in [6.45, 7) is 2.03. The van der Waals surface area contributed by atoms with Gasteiger partial charge in [0.25, 0.3) is 0 Å². The molecule has 1 aromatic heterocycles. The Labute approximate surface area is 60.4 Å². The van der Waals surface area contributed by atoms with Gasteiger partial charge in [-0.2, -0.15) is 0 Å². The molecule has 1 aliphatic rings. The van der Waals surface area contributed by atoms with Gasteiger partial charge in [-0.1, -0.05) is 12.2 Å². The van der Waals surface area contributed by atoms with Gasteiger partial charge in [0.15, 0.2) is 0 Å². The van der Waals surface area contributed by atoms with E-state index in [0.717, 1.165) is 12.1 Å². The minimum absolute atomic E-state index is 1.08. The van der Waals surface area contributed by atoms with Crippen molar-refractivity contribution >= 4 is 6.08 Å². The Morgan fingerprint density at radius 3 is 3.30 bits per heavy atom. The van der Waals surface area contributed by atoms with Gasteiger partial charge in [0.05, 0.1) is 0 Å². The van der Waals surface area contributed by atoms with E-state index in [1.807, 2.05) is 13.1 Å². The standard InChI is InChI=1S/C9H9N/c1-7-5-8-3-2-4-9(8)6-10-7/h2,4-6H,3H2,1H3. The maximum atomic E-state index is 4.20. The van der Waals surface area contributed by atoms with Gasteiger partial charge in [0.1, 0.15) is 0 Å². The van der Waals surface area contributed by atoms with Gasteiger partial charge >= 0.3 is 0 Å². The highest BCUT2D eigenvalue weighted by atomic mass is 14.7. The predicted octanol–water partition coefficient (Wildman–Crippen LogP) is 1.96. The second-order valence-corrected chi connectivity index (χ2v) is 2.63. The Balaban J connectivity index is 2.59. The average molecular weight is 131 g/mol. The van der Waals surface area contributed by atoms with Gasteiger partial charge < -0.3 is 0 Å². The zero-order valence-corrected chi connectivity index (χ0v) is 5.96. The second-order valence-electron chi connectivity index (χ2n) is 2.63. The van der Waals surface area contributed by atoms with E-state index in [1.54, 1.807) is 0 Å². The van der Waals surface area contributed by atoms with Crippen molar-refractivity contribution in [2.75, 3.05) is 0 Å². The monoisotopic (exact) mass is 131 g/mol. The SMILES string of the molecule is Cc1cc2c(cn1)C=CC2. The largest absolute Gasteiger partial charge is 0.261 e. The molecule has 1 aromatic rings. The Kier molecular flexibility index (Phi) is 1.10. The summed E-state index contributed by atoms with van der Waals surface area (Å²) in [5.41, 5.74) is 3.81. The molecule has 0 aromatic carbocycles. The van der Waals surface area contributed by atoms with E-state index in [4.69, 9.17) is 0 Å². The van der Waals surface area contributed by atoms with E-state index in [-0.39, 0.29) is 0 Å². The highest BCUT2D eigenvalue weighted by molar-refractivity contribution is 5.58. The van der Waals surface area contributed by atoms with Gasteiger partial charge in [-0.25, -0.2) is 0 Å². The zero-order chi connectivity index (χ0) is 6.97. The molecule has 0 atom stereocenters. The molecular weight excluding hydrogens is 122 g/mol. The molecule has 50 valence electrons. The number of hydrogen-bond donors (Lipinski definition) is 0. The third kappa shape index (κ3) is 0.747. The van der Waals surface area contributed by atoms with Crippen LogP contribution in [0.15, 0.2) is 18.3 Å². The summed E-state index contributed by atoms with van der Waals surface area (Å²) < 4.78 is 0. The van der Waals surface area contributed by atoms with Crippen LogP contribution in [-0.4, -0.2) is 4.98 Å². The lowest BCUT2D eigenvalue weighted by Crippen LogP contribution is -1.86. The number of pyridine rings is 1. The molecule has 0 aliphatic heterocycles. The summed E-state index contributed by atoms with van der Waals surface area (Å²) in [6.07, 6.45) is 7.32. The summed E-state index contributed by atoms with van der Waals surface area (Å²) in [7, 11) is 0. The molecule has 1 aliphatic carbocycles. The molecule has 0 radical (unpaired) electrons. The van der Waals surface area contributed by atoms with Crippen LogP contribution >= 0.6 is 0 Å². The Morgan fingerprint density at radius 1 is 1.50 bits per heavy atom. The smallest absolute Gasteiger partial charge is 0.0375 e. The number of nitrogens with zero attached hydrogens (tertiary/aromatic N) is 1. The summed E-state index contributed by atoms with van der Waals surface area (Å²) >= 11 is 0. The molecule has 10 heavy (non-hydrogen) atoms. The molecule has 0 saturated carbocycles. The summed E-state index contributed by atoms with van der Waals surface area (Å²) in [4.78, 5) is 4.20. The number of rotatable bonds is 0. The van der Waals surface area contributed by atoms with Crippen LogP contribution in [0.2, 0.25) is 0 Å². The number of fused-ring (bicyclic) bond motifs is 1. The third-order valence-corrected chi connectivity index (χ3v) is 1.80. The first-order valence-corrected chi connectivity index (χ1v) is 3.48. The molecule has 1 heterocycles. The topological polar surface area (TPSA) is 12.9 Å². The lowest BCUT2D eigenvalue weighted by molar-refractivity contribution is 1.15. The fourth-order valence-corrected chi connectivity index (χ4v) is 1.27. The van der Waals surface area contributed by atoms with E-state index in [9.17, 15) is 0 Å². The Bertz CT molecular complexity index is 287. The lowest BCUT2D eigenvalue weighted by atomic mass is 10.1. The predicted molar refractivity (Wildman–Crippen MR) is 41.7 cm³/mol. The highest BCUT2D eigenvalue weighted by Gasteiger charge is 2.03. The maximum Gasteiger partial charge on any atom is 0.0375 e. The fourth-order valence-electron chi connectivity index (χ4n) is 1.27. The van der Waals surface area contributed by atoms with Crippen molar-refractivity contribution in [1.82, 2.24) is 4.98 Å². The van der Waals surface area contributed by atoms with Gasteiger partial charge in [-0.3, -0.25) is 4.98 Å². The van der Waals surface area contributed by atoms with Crippen molar-refractivity contribution in [3.8, 4) is 0 Å². The normalized spacial score (nSPS) is 13.7. The first-order valence-electron chi connectivity index (χ1n) is 3.48. The minimum Gasteiger partial charge on any atom is -0.261 e. The van der Waals surface area contributed by atoms with Crippen molar-refractivity contribution < 1.29 is 0 Å². The van der Waals surface area contributed by atoms with E-state index in [2.05, 4.69) is 23.2 Å². The van der Waals surface area contributed by atoms with E-state index < -0.39 is 0 Å². The van der Waals surface area contributed by atoms with Crippen LogP contribution in [0.3, 0.4) is 0 Å². The van der Waals surface area contributed by atoms with Gasteiger partial charge in [0, 0.05) is 11.9 Å². The van der Waals surface area contributed by atoms with Crippen LogP contribution in [0.5, 0.6) is 0 Å². The number of allylic oxidation sites excluding steroid dienone is 1. The van der Waals surface area contributed by atoms with Crippen molar-refractivity contribution in [2.24, 2.45) is 0 Å². The van der Waals surface area contributed by atoms with Crippen LogP contribution in [-0.2, 0) is 6.42 Å². The van der Waals surface area contributed by atoms with Crippen molar-refractivity contribution in [1.29, 1.82) is 0 Å². The van der Waals surface area contributed by atoms with E-state index in [0.29, 0.717) is 0 Å². The van der Waals surface area contributed by atoms with Crippen LogP contribution in [0, 0.1) is 6.92 Å². The Hall–Kier alpha value is -1.11. The average Bonchev–Trinajstić information content (AvgIpc) is 2.33. The van der Waals surface area contributed by atoms with Gasteiger partial charge in [-0.15, -0.1) is 0 Å². The van der Waals surface area contributed by atoms with E-state index >= 15 is 0 Å². The minimum atomic E-state index is 1.08. The zero-order valence-electron chi connectivity index (χ0n) is 5.96. The molecule has 1 nitrogen and oxygen atoms in total. The molecule has 0 N–H and O–H groups in total. The quantitative estimate of drug-likeness (QED) is 0.524. The summed E-state index contributed by atoms with van der Waals surface area (Å²) in [6, 6.07) is 2.15. The Morgan fingerprint density at radius 2 is 2.40 bits per heavy atom. The second kappa shape index (κ2) is 1.94. The fraction of sp³-hybridized carbons (Fsp3) is 0.222. The van der Waals surface area contributed by atoms with Crippen LogP contribution in [0.25, 0.3) is 6.08 Å². The molecule has 0 amide bonds. The van der Waals surface area contributed by atoms with Crippen molar-refractivity contribution in [3.63, 3.8) is 0 Å². The molecule has 0 bridgehead atoms. The molecular formula is C9H9N. The van der Waals surface area contributed by atoms with Crippen LogP contribution in [0.4, 0.5) is 0 Å². The number of aromatic nitrogens is 1.